The summed E-state index contributed by atoms with van der Waals surface area (Å²) < 4.78 is 15.6. The Kier molecular flexibility index (Phi) is 4.66. The Hall–Kier alpha value is -1.26. The number of hydrogen-bond acceptors (Lipinski definition) is 4. The van der Waals surface area contributed by atoms with Crippen molar-refractivity contribution in [2.45, 2.75) is 12.8 Å². The molecular formula is C14H17ClO4. The fourth-order valence-corrected chi connectivity index (χ4v) is 2.54. The quantitative estimate of drug-likeness (QED) is 0.798. The number of Topliss-reactive ketones (excluding diaryl/α,β-unsaturated/α-hetero) is 1. The number of carbonyl (C=O) groups excluding carboxylic acids is 1. The van der Waals surface area contributed by atoms with Crippen LogP contribution >= 0.6 is 11.6 Å². The van der Waals surface area contributed by atoms with Crippen LogP contribution in [0.4, 0.5) is 0 Å². The van der Waals surface area contributed by atoms with Gasteiger partial charge in [-0.05, 0) is 25.0 Å². The highest BCUT2D eigenvalue weighted by molar-refractivity contribution is 6.32. The number of halogens is 1. The van der Waals surface area contributed by atoms with E-state index in [1.165, 1.54) is 14.2 Å². The minimum absolute atomic E-state index is 0.00270. The SMILES string of the molecule is COc1cc(C(=O)C2CCOCC2)cc(Cl)c1OC. The van der Waals surface area contributed by atoms with Gasteiger partial charge in [0, 0.05) is 24.7 Å². The highest BCUT2D eigenvalue weighted by Crippen LogP contribution is 2.37. The highest BCUT2D eigenvalue weighted by Gasteiger charge is 2.24. The number of methoxy groups -OCH3 is 2. The summed E-state index contributed by atoms with van der Waals surface area (Å²) in [5.74, 6) is 1.02. The molecule has 1 aromatic rings. The van der Waals surface area contributed by atoms with Crippen LogP contribution in [0.2, 0.25) is 5.02 Å². The molecule has 0 bridgehead atoms. The molecular weight excluding hydrogens is 268 g/mol. The first kappa shape index (κ1) is 14.2. The molecule has 0 unspecified atom stereocenters. The molecule has 0 spiro atoms. The standard InChI is InChI=1S/C14H17ClO4/c1-17-12-8-10(7-11(15)14(12)18-2)13(16)9-3-5-19-6-4-9/h7-9H,3-6H2,1-2H3. The molecule has 1 heterocycles. The molecule has 1 aliphatic heterocycles. The van der Waals surface area contributed by atoms with E-state index in [0.29, 0.717) is 35.3 Å². The molecule has 0 saturated carbocycles. The predicted molar refractivity (Wildman–Crippen MR) is 72.4 cm³/mol. The number of ether oxygens (including phenoxy) is 3. The summed E-state index contributed by atoms with van der Waals surface area (Å²) in [5, 5.41) is 0.386. The number of hydrogen-bond donors (Lipinski definition) is 0. The zero-order chi connectivity index (χ0) is 13.8. The summed E-state index contributed by atoms with van der Waals surface area (Å²) in [4.78, 5) is 12.4. The van der Waals surface area contributed by atoms with Crippen LogP contribution in [0.1, 0.15) is 23.2 Å². The molecule has 1 aromatic carbocycles. The molecule has 1 aliphatic rings. The minimum atomic E-state index is 0.00270. The van der Waals surface area contributed by atoms with Crippen molar-refractivity contribution in [3.63, 3.8) is 0 Å². The Balaban J connectivity index is 2.29. The second-order valence-electron chi connectivity index (χ2n) is 4.44. The maximum absolute atomic E-state index is 12.4. The van der Waals surface area contributed by atoms with Crippen LogP contribution in [-0.2, 0) is 4.74 Å². The van der Waals surface area contributed by atoms with Gasteiger partial charge >= 0.3 is 0 Å². The number of rotatable bonds is 4. The molecule has 4 nitrogen and oxygen atoms in total. The Morgan fingerprint density at radius 1 is 1.26 bits per heavy atom. The van der Waals surface area contributed by atoms with E-state index >= 15 is 0 Å². The second kappa shape index (κ2) is 6.26. The van der Waals surface area contributed by atoms with Gasteiger partial charge in [-0.1, -0.05) is 11.6 Å². The fourth-order valence-electron chi connectivity index (χ4n) is 2.26. The molecule has 104 valence electrons. The zero-order valence-corrected chi connectivity index (χ0v) is 11.8. The monoisotopic (exact) mass is 284 g/mol. The third-order valence-corrected chi connectivity index (χ3v) is 3.59. The van der Waals surface area contributed by atoms with Gasteiger partial charge in [0.2, 0.25) is 0 Å². The molecule has 1 saturated heterocycles. The van der Waals surface area contributed by atoms with Gasteiger partial charge in [-0.25, -0.2) is 0 Å². The normalized spacial score (nSPS) is 16.2. The first-order valence-electron chi connectivity index (χ1n) is 6.21. The molecule has 0 amide bonds. The molecule has 2 rings (SSSR count). The van der Waals surface area contributed by atoms with E-state index < -0.39 is 0 Å². The van der Waals surface area contributed by atoms with Gasteiger partial charge in [0.15, 0.2) is 17.3 Å². The topological polar surface area (TPSA) is 44.8 Å². The molecule has 0 radical (unpaired) electrons. The lowest BCUT2D eigenvalue weighted by Crippen LogP contribution is -2.23. The van der Waals surface area contributed by atoms with Gasteiger partial charge in [-0.15, -0.1) is 0 Å². The molecule has 1 fully saturated rings. The lowest BCUT2D eigenvalue weighted by Gasteiger charge is -2.21. The molecule has 0 atom stereocenters. The van der Waals surface area contributed by atoms with Gasteiger partial charge in [0.25, 0.3) is 0 Å². The Bertz CT molecular complexity index is 467. The van der Waals surface area contributed by atoms with Crippen molar-refractivity contribution in [1.82, 2.24) is 0 Å². The average molecular weight is 285 g/mol. The summed E-state index contributed by atoms with van der Waals surface area (Å²) >= 11 is 6.11. The largest absolute Gasteiger partial charge is 0.493 e. The third-order valence-electron chi connectivity index (χ3n) is 3.31. The Labute approximate surface area is 117 Å². The van der Waals surface area contributed by atoms with Crippen LogP contribution in [-0.4, -0.2) is 33.2 Å². The first-order chi connectivity index (χ1) is 9.17. The van der Waals surface area contributed by atoms with Crippen molar-refractivity contribution in [1.29, 1.82) is 0 Å². The summed E-state index contributed by atoms with van der Waals surface area (Å²) in [6.45, 7) is 1.27. The van der Waals surface area contributed by atoms with Crippen LogP contribution in [0.5, 0.6) is 11.5 Å². The molecule has 5 heteroatoms. The van der Waals surface area contributed by atoms with E-state index in [-0.39, 0.29) is 11.7 Å². The molecule has 0 aliphatic carbocycles. The van der Waals surface area contributed by atoms with E-state index in [2.05, 4.69) is 0 Å². The van der Waals surface area contributed by atoms with Crippen molar-refractivity contribution in [3.8, 4) is 11.5 Å². The van der Waals surface area contributed by atoms with E-state index in [0.717, 1.165) is 12.8 Å². The molecule has 0 N–H and O–H groups in total. The summed E-state index contributed by atoms with van der Waals surface area (Å²) in [7, 11) is 3.04. The number of ketones is 1. The van der Waals surface area contributed by atoms with Crippen molar-refractivity contribution in [3.05, 3.63) is 22.7 Å². The van der Waals surface area contributed by atoms with E-state index in [1.807, 2.05) is 0 Å². The minimum Gasteiger partial charge on any atom is -0.493 e. The van der Waals surface area contributed by atoms with Crippen molar-refractivity contribution in [2.75, 3.05) is 27.4 Å². The predicted octanol–water partition coefficient (Wildman–Crippen LogP) is 2.97. The Morgan fingerprint density at radius 2 is 1.95 bits per heavy atom. The van der Waals surface area contributed by atoms with Gasteiger partial charge in [-0.2, -0.15) is 0 Å². The van der Waals surface area contributed by atoms with E-state index in [9.17, 15) is 4.79 Å². The van der Waals surface area contributed by atoms with Crippen molar-refractivity contribution < 1.29 is 19.0 Å². The van der Waals surface area contributed by atoms with Crippen LogP contribution < -0.4 is 9.47 Å². The van der Waals surface area contributed by atoms with Gasteiger partial charge in [0.05, 0.1) is 19.2 Å². The summed E-state index contributed by atoms with van der Waals surface area (Å²) in [6.07, 6.45) is 1.51. The summed E-state index contributed by atoms with van der Waals surface area (Å²) in [5.41, 5.74) is 0.564. The highest BCUT2D eigenvalue weighted by atomic mass is 35.5. The average Bonchev–Trinajstić information content (AvgIpc) is 2.46. The number of benzene rings is 1. The number of carbonyl (C=O) groups is 1. The molecule has 0 aromatic heterocycles. The van der Waals surface area contributed by atoms with E-state index in [4.69, 9.17) is 25.8 Å². The zero-order valence-electron chi connectivity index (χ0n) is 11.1. The van der Waals surface area contributed by atoms with Gasteiger partial charge in [0.1, 0.15) is 0 Å². The maximum atomic E-state index is 12.4. The second-order valence-corrected chi connectivity index (χ2v) is 4.85. The Morgan fingerprint density at radius 3 is 2.53 bits per heavy atom. The smallest absolute Gasteiger partial charge is 0.179 e. The van der Waals surface area contributed by atoms with Crippen LogP contribution in [0.15, 0.2) is 12.1 Å². The lowest BCUT2D eigenvalue weighted by molar-refractivity contribution is 0.0544. The van der Waals surface area contributed by atoms with Crippen molar-refractivity contribution >= 4 is 17.4 Å². The van der Waals surface area contributed by atoms with Gasteiger partial charge in [-0.3, -0.25) is 4.79 Å². The maximum Gasteiger partial charge on any atom is 0.179 e. The lowest BCUT2D eigenvalue weighted by atomic mass is 9.91. The van der Waals surface area contributed by atoms with E-state index in [1.54, 1.807) is 12.1 Å². The fraction of sp³-hybridized carbons (Fsp3) is 0.500. The third kappa shape index (κ3) is 3.01. The van der Waals surface area contributed by atoms with Crippen LogP contribution in [0, 0.1) is 5.92 Å². The molecule has 19 heavy (non-hydrogen) atoms. The van der Waals surface area contributed by atoms with Crippen molar-refractivity contribution in [2.24, 2.45) is 5.92 Å². The van der Waals surface area contributed by atoms with Crippen LogP contribution in [0.3, 0.4) is 0 Å². The van der Waals surface area contributed by atoms with Crippen LogP contribution in [0.25, 0.3) is 0 Å². The first-order valence-corrected chi connectivity index (χ1v) is 6.58. The summed E-state index contributed by atoms with van der Waals surface area (Å²) in [6, 6.07) is 3.32. The van der Waals surface area contributed by atoms with Gasteiger partial charge < -0.3 is 14.2 Å².